The molecule has 3 N–H and O–H groups in total. The van der Waals surface area contributed by atoms with Crippen molar-refractivity contribution in [1.29, 1.82) is 5.41 Å². The van der Waals surface area contributed by atoms with Gasteiger partial charge in [0.25, 0.3) is 0 Å². The molecule has 1 aromatic carbocycles. The fraction of sp³-hybridized carbons (Fsp3) is 0.533. The quantitative estimate of drug-likeness (QED) is 0.597. The Morgan fingerprint density at radius 2 is 2.00 bits per heavy atom. The van der Waals surface area contributed by atoms with E-state index in [-0.39, 0.29) is 11.8 Å². The third kappa shape index (κ3) is 3.10. The Labute approximate surface area is 109 Å². The van der Waals surface area contributed by atoms with Gasteiger partial charge in [-0.2, -0.15) is 0 Å². The highest BCUT2D eigenvalue weighted by Gasteiger charge is 2.31. The Bertz CT molecular complexity index is 397. The van der Waals surface area contributed by atoms with Crippen LogP contribution in [0.3, 0.4) is 0 Å². The number of nitrogens with one attached hydrogen (secondary N) is 1. The van der Waals surface area contributed by atoms with Gasteiger partial charge in [-0.1, -0.05) is 30.3 Å². The van der Waals surface area contributed by atoms with Crippen molar-refractivity contribution in [2.45, 2.75) is 31.7 Å². The summed E-state index contributed by atoms with van der Waals surface area (Å²) in [5.74, 6) is 1.12. The third-order valence-corrected chi connectivity index (χ3v) is 4.05. The van der Waals surface area contributed by atoms with Gasteiger partial charge in [-0.3, -0.25) is 5.41 Å². The van der Waals surface area contributed by atoms with Crippen molar-refractivity contribution in [2.75, 3.05) is 13.6 Å². The average Bonchev–Trinajstić information content (AvgIpc) is 3.19. The van der Waals surface area contributed by atoms with E-state index >= 15 is 0 Å². The van der Waals surface area contributed by atoms with E-state index in [4.69, 9.17) is 11.1 Å². The normalized spacial score (nSPS) is 18.6. The zero-order valence-electron chi connectivity index (χ0n) is 11.3. The van der Waals surface area contributed by atoms with E-state index in [2.05, 4.69) is 31.0 Å². The molecule has 0 radical (unpaired) electrons. The monoisotopic (exact) mass is 245 g/mol. The van der Waals surface area contributed by atoms with Crippen molar-refractivity contribution >= 4 is 5.84 Å². The van der Waals surface area contributed by atoms with Gasteiger partial charge in [-0.25, -0.2) is 0 Å². The van der Waals surface area contributed by atoms with Crippen LogP contribution in [0, 0.1) is 11.3 Å². The van der Waals surface area contributed by atoms with Crippen LogP contribution >= 0.6 is 0 Å². The molecule has 2 rings (SSSR count). The molecule has 1 aliphatic rings. The molecular weight excluding hydrogens is 222 g/mol. The first-order chi connectivity index (χ1) is 8.59. The minimum absolute atomic E-state index is 0.0115. The minimum Gasteiger partial charge on any atom is -0.387 e. The highest BCUT2D eigenvalue weighted by atomic mass is 15.1. The second kappa shape index (κ2) is 5.53. The fourth-order valence-corrected chi connectivity index (χ4v) is 2.46. The summed E-state index contributed by atoms with van der Waals surface area (Å²) in [5, 5.41) is 7.80. The Balaban J connectivity index is 2.04. The molecule has 1 aliphatic carbocycles. The molecule has 0 saturated heterocycles. The number of nitrogens with zero attached hydrogens (tertiary/aromatic N) is 1. The number of nitrogens with two attached hydrogens (primary N) is 1. The Morgan fingerprint density at radius 1 is 1.39 bits per heavy atom. The predicted molar refractivity (Wildman–Crippen MR) is 75.9 cm³/mol. The lowest BCUT2D eigenvalue weighted by atomic mass is 9.97. The van der Waals surface area contributed by atoms with Gasteiger partial charge in [-0.05, 0) is 38.3 Å². The highest BCUT2D eigenvalue weighted by Crippen LogP contribution is 2.35. The fourth-order valence-electron chi connectivity index (χ4n) is 2.46. The molecule has 2 unspecified atom stereocenters. The molecule has 0 amide bonds. The summed E-state index contributed by atoms with van der Waals surface area (Å²) >= 11 is 0. The zero-order valence-corrected chi connectivity index (χ0v) is 11.3. The summed E-state index contributed by atoms with van der Waals surface area (Å²) < 4.78 is 0. The lowest BCUT2D eigenvalue weighted by molar-refractivity contribution is 0.232. The lowest BCUT2D eigenvalue weighted by Gasteiger charge is -2.29. The van der Waals surface area contributed by atoms with E-state index in [1.165, 1.54) is 12.8 Å². The van der Waals surface area contributed by atoms with Gasteiger partial charge in [0.2, 0.25) is 0 Å². The van der Waals surface area contributed by atoms with Crippen LogP contribution in [0.25, 0.3) is 0 Å². The van der Waals surface area contributed by atoms with Crippen molar-refractivity contribution in [3.05, 3.63) is 35.9 Å². The van der Waals surface area contributed by atoms with E-state index in [9.17, 15) is 0 Å². The first kappa shape index (κ1) is 13.1. The molecule has 1 saturated carbocycles. The maximum Gasteiger partial charge on any atom is 0.0995 e. The van der Waals surface area contributed by atoms with Crippen LogP contribution in [0.1, 0.15) is 31.2 Å². The molecule has 0 aliphatic heterocycles. The highest BCUT2D eigenvalue weighted by molar-refractivity contribution is 5.84. The van der Waals surface area contributed by atoms with Crippen LogP contribution in [-0.2, 0) is 0 Å². The van der Waals surface area contributed by atoms with Gasteiger partial charge >= 0.3 is 0 Å². The molecule has 98 valence electrons. The largest absolute Gasteiger partial charge is 0.387 e. The van der Waals surface area contributed by atoms with E-state index in [1.807, 2.05) is 18.2 Å². The number of likely N-dealkylation sites (N-methyl/N-ethyl adjacent to an activating group) is 1. The lowest BCUT2D eigenvalue weighted by Crippen LogP contribution is -2.38. The summed E-state index contributed by atoms with van der Waals surface area (Å²) in [6.45, 7) is 3.11. The zero-order chi connectivity index (χ0) is 13.1. The molecule has 18 heavy (non-hydrogen) atoms. The van der Waals surface area contributed by atoms with Gasteiger partial charge in [0.05, 0.1) is 11.8 Å². The molecule has 1 aromatic rings. The third-order valence-electron chi connectivity index (χ3n) is 4.05. The van der Waals surface area contributed by atoms with Gasteiger partial charge in [-0.15, -0.1) is 0 Å². The summed E-state index contributed by atoms with van der Waals surface area (Å²) in [6.07, 6.45) is 2.70. The first-order valence-electron chi connectivity index (χ1n) is 6.68. The Morgan fingerprint density at radius 3 is 2.50 bits per heavy atom. The van der Waals surface area contributed by atoms with Crippen molar-refractivity contribution in [3.8, 4) is 0 Å². The smallest absolute Gasteiger partial charge is 0.0995 e. The van der Waals surface area contributed by atoms with Crippen LogP contribution < -0.4 is 5.73 Å². The molecule has 0 heterocycles. The number of benzene rings is 1. The van der Waals surface area contributed by atoms with Crippen LogP contribution in [0.4, 0.5) is 0 Å². The molecule has 3 heteroatoms. The first-order valence-corrected chi connectivity index (χ1v) is 6.68. The summed E-state index contributed by atoms with van der Waals surface area (Å²) in [6, 6.07) is 10.7. The average molecular weight is 245 g/mol. The molecule has 0 spiro atoms. The standard InChI is InChI=1S/C15H23N3/c1-11(12-8-9-12)18(2)10-14(15(16)17)13-6-4-3-5-7-13/h3-7,11-12,14H,8-10H2,1-2H3,(H3,16,17). The van der Waals surface area contributed by atoms with Crippen molar-refractivity contribution in [3.63, 3.8) is 0 Å². The number of rotatable bonds is 6. The summed E-state index contributed by atoms with van der Waals surface area (Å²) in [5.41, 5.74) is 6.90. The molecule has 0 bridgehead atoms. The molecule has 3 nitrogen and oxygen atoms in total. The Hall–Kier alpha value is -1.35. The van der Waals surface area contributed by atoms with E-state index in [0.717, 1.165) is 18.0 Å². The topological polar surface area (TPSA) is 53.1 Å². The van der Waals surface area contributed by atoms with Crippen molar-refractivity contribution in [2.24, 2.45) is 11.7 Å². The summed E-state index contributed by atoms with van der Waals surface area (Å²) in [4.78, 5) is 2.34. The van der Waals surface area contributed by atoms with Gasteiger partial charge in [0.1, 0.15) is 0 Å². The van der Waals surface area contributed by atoms with Gasteiger partial charge in [0.15, 0.2) is 0 Å². The van der Waals surface area contributed by atoms with E-state index < -0.39 is 0 Å². The van der Waals surface area contributed by atoms with Crippen LogP contribution in [0.5, 0.6) is 0 Å². The number of hydrogen-bond acceptors (Lipinski definition) is 2. The van der Waals surface area contributed by atoms with Gasteiger partial charge in [0, 0.05) is 12.6 Å². The second-order valence-corrected chi connectivity index (χ2v) is 5.44. The van der Waals surface area contributed by atoms with Crippen LogP contribution in [0.2, 0.25) is 0 Å². The molecule has 2 atom stereocenters. The van der Waals surface area contributed by atoms with Crippen LogP contribution in [0.15, 0.2) is 30.3 Å². The second-order valence-electron chi connectivity index (χ2n) is 5.44. The van der Waals surface area contributed by atoms with Gasteiger partial charge < -0.3 is 10.6 Å². The van der Waals surface area contributed by atoms with Crippen molar-refractivity contribution in [1.82, 2.24) is 4.90 Å². The predicted octanol–water partition coefficient (Wildman–Crippen LogP) is 2.44. The molecule has 0 aromatic heterocycles. The maximum absolute atomic E-state index is 7.80. The molecular formula is C15H23N3. The Kier molecular flexibility index (Phi) is 4.02. The number of hydrogen-bond donors (Lipinski definition) is 2. The summed E-state index contributed by atoms with van der Waals surface area (Å²) in [7, 11) is 2.14. The van der Waals surface area contributed by atoms with Crippen LogP contribution in [-0.4, -0.2) is 30.4 Å². The number of amidine groups is 1. The SMILES string of the molecule is CC(C1CC1)N(C)CC(C(=N)N)c1ccccc1. The molecule has 1 fully saturated rings. The van der Waals surface area contributed by atoms with Crippen molar-refractivity contribution < 1.29 is 0 Å². The van der Waals surface area contributed by atoms with E-state index in [0.29, 0.717) is 6.04 Å². The maximum atomic E-state index is 7.80. The van der Waals surface area contributed by atoms with E-state index in [1.54, 1.807) is 0 Å². The minimum atomic E-state index is 0.0115.